The molecule has 0 bridgehead atoms. The molecule has 0 aliphatic rings. The van der Waals surface area contributed by atoms with Crippen LogP contribution in [0.5, 0.6) is 0 Å². The number of amides is 2. The minimum Gasteiger partial charge on any atom is -0.347 e. The highest BCUT2D eigenvalue weighted by atomic mass is 16.2. The van der Waals surface area contributed by atoms with Crippen LogP contribution in [0.2, 0.25) is 0 Å². The van der Waals surface area contributed by atoms with Crippen LogP contribution in [0, 0.1) is 18.3 Å². The van der Waals surface area contributed by atoms with Crippen molar-refractivity contribution in [1.82, 2.24) is 20.5 Å². The fourth-order valence-corrected chi connectivity index (χ4v) is 1.89. The second kappa shape index (κ2) is 7.17. The van der Waals surface area contributed by atoms with Gasteiger partial charge in [-0.1, -0.05) is 6.07 Å². The molecule has 2 amide bonds. The zero-order valence-corrected chi connectivity index (χ0v) is 12.8. The van der Waals surface area contributed by atoms with Gasteiger partial charge in [0, 0.05) is 11.7 Å². The maximum Gasteiger partial charge on any atom is 0.274 e. The molecule has 0 radical (unpaired) electrons. The topological polar surface area (TPSA) is 124 Å². The van der Waals surface area contributed by atoms with Crippen LogP contribution in [0.25, 0.3) is 0 Å². The molecule has 2 heterocycles. The van der Waals surface area contributed by atoms with Crippen LogP contribution in [0.15, 0.2) is 24.4 Å². The SMILES string of the molecule is Cc1cccc(C(=O)Nc2cn[nH]c2C(=O)N[C@@H](C)CC#N)n1. The Morgan fingerprint density at radius 3 is 2.87 bits per heavy atom. The summed E-state index contributed by atoms with van der Waals surface area (Å²) in [6.07, 6.45) is 1.53. The molecule has 2 aromatic heterocycles. The first-order valence-corrected chi connectivity index (χ1v) is 6.97. The van der Waals surface area contributed by atoms with E-state index in [0.29, 0.717) is 5.69 Å². The van der Waals surface area contributed by atoms with Crippen LogP contribution >= 0.6 is 0 Å². The van der Waals surface area contributed by atoms with Crippen molar-refractivity contribution in [1.29, 1.82) is 5.26 Å². The van der Waals surface area contributed by atoms with E-state index in [9.17, 15) is 9.59 Å². The number of aryl methyl sites for hydroxylation is 1. The van der Waals surface area contributed by atoms with Gasteiger partial charge in [-0.2, -0.15) is 10.4 Å². The van der Waals surface area contributed by atoms with Crippen LogP contribution in [0.4, 0.5) is 5.69 Å². The highest BCUT2D eigenvalue weighted by molar-refractivity contribution is 6.07. The van der Waals surface area contributed by atoms with Crippen molar-refractivity contribution in [3.63, 3.8) is 0 Å². The third-order valence-corrected chi connectivity index (χ3v) is 3.01. The molecule has 2 aromatic rings. The van der Waals surface area contributed by atoms with Gasteiger partial charge in [-0.05, 0) is 26.0 Å². The van der Waals surface area contributed by atoms with E-state index >= 15 is 0 Å². The number of carbonyl (C=O) groups excluding carboxylic acids is 2. The first-order chi connectivity index (χ1) is 11.0. The molecule has 0 aliphatic heterocycles. The average Bonchev–Trinajstić information content (AvgIpc) is 2.95. The number of rotatable bonds is 5. The first-order valence-electron chi connectivity index (χ1n) is 6.97. The van der Waals surface area contributed by atoms with Crippen molar-refractivity contribution in [2.75, 3.05) is 5.32 Å². The number of hydrogen-bond donors (Lipinski definition) is 3. The van der Waals surface area contributed by atoms with Crippen LogP contribution in [-0.4, -0.2) is 33.0 Å². The molecule has 0 aliphatic carbocycles. The van der Waals surface area contributed by atoms with Gasteiger partial charge >= 0.3 is 0 Å². The van der Waals surface area contributed by atoms with Crippen molar-refractivity contribution in [3.05, 3.63) is 41.5 Å². The lowest BCUT2D eigenvalue weighted by Crippen LogP contribution is -2.33. The lowest BCUT2D eigenvalue weighted by molar-refractivity contribution is 0.0936. The Kier molecular flexibility index (Phi) is 5.04. The molecule has 3 N–H and O–H groups in total. The fraction of sp³-hybridized carbons (Fsp3) is 0.267. The first kappa shape index (κ1) is 16.2. The van der Waals surface area contributed by atoms with Gasteiger partial charge in [0.25, 0.3) is 11.8 Å². The maximum absolute atomic E-state index is 12.2. The van der Waals surface area contributed by atoms with Crippen LogP contribution in [-0.2, 0) is 0 Å². The number of nitrogens with zero attached hydrogens (tertiary/aromatic N) is 3. The molecule has 8 nitrogen and oxygen atoms in total. The van der Waals surface area contributed by atoms with Gasteiger partial charge in [-0.3, -0.25) is 14.7 Å². The van der Waals surface area contributed by atoms with E-state index in [-0.39, 0.29) is 29.5 Å². The van der Waals surface area contributed by atoms with Gasteiger partial charge in [-0.25, -0.2) is 4.98 Å². The Hall–Kier alpha value is -3.21. The van der Waals surface area contributed by atoms with E-state index < -0.39 is 11.8 Å². The number of H-pyrrole nitrogens is 1. The van der Waals surface area contributed by atoms with E-state index in [4.69, 9.17) is 5.26 Å². The fourth-order valence-electron chi connectivity index (χ4n) is 1.89. The normalized spacial score (nSPS) is 11.3. The lowest BCUT2D eigenvalue weighted by atomic mass is 10.2. The number of carbonyl (C=O) groups is 2. The summed E-state index contributed by atoms with van der Waals surface area (Å²) in [6, 6.07) is 6.75. The van der Waals surface area contributed by atoms with Crippen molar-refractivity contribution >= 4 is 17.5 Å². The molecule has 1 atom stereocenters. The zero-order valence-electron chi connectivity index (χ0n) is 12.8. The Labute approximate surface area is 132 Å². The van der Waals surface area contributed by atoms with Gasteiger partial charge in [0.05, 0.1) is 24.4 Å². The monoisotopic (exact) mass is 312 g/mol. The molecule has 0 spiro atoms. The zero-order chi connectivity index (χ0) is 16.8. The van der Waals surface area contributed by atoms with Gasteiger partial charge in [0.1, 0.15) is 11.4 Å². The number of nitriles is 1. The smallest absolute Gasteiger partial charge is 0.274 e. The van der Waals surface area contributed by atoms with Crippen LogP contribution in [0.3, 0.4) is 0 Å². The minimum atomic E-state index is -0.447. The van der Waals surface area contributed by atoms with E-state index in [0.717, 1.165) is 0 Å². The molecule has 8 heteroatoms. The predicted molar refractivity (Wildman–Crippen MR) is 82.7 cm³/mol. The van der Waals surface area contributed by atoms with E-state index in [1.165, 1.54) is 6.20 Å². The van der Waals surface area contributed by atoms with E-state index in [1.807, 2.05) is 6.07 Å². The third kappa shape index (κ3) is 4.14. The Bertz CT molecular complexity index is 761. The number of aromatic amines is 1. The summed E-state index contributed by atoms with van der Waals surface area (Å²) in [5, 5.41) is 20.2. The maximum atomic E-state index is 12.2. The summed E-state index contributed by atoms with van der Waals surface area (Å²) in [7, 11) is 0. The molecule has 23 heavy (non-hydrogen) atoms. The molecule has 0 saturated heterocycles. The standard InChI is InChI=1S/C15H16N6O2/c1-9-4-3-5-11(18-9)14(22)20-12-8-17-21-13(12)15(23)19-10(2)6-7-16/h3-5,8,10H,6H2,1-2H3,(H,17,21)(H,19,23)(H,20,22)/t10-/m0/s1. The third-order valence-electron chi connectivity index (χ3n) is 3.01. The van der Waals surface area contributed by atoms with Gasteiger partial charge < -0.3 is 10.6 Å². The quantitative estimate of drug-likeness (QED) is 0.770. The number of aromatic nitrogens is 3. The Morgan fingerprint density at radius 2 is 2.17 bits per heavy atom. The van der Waals surface area contributed by atoms with Gasteiger partial charge in [0.15, 0.2) is 0 Å². The number of hydrogen-bond acceptors (Lipinski definition) is 5. The molecular formula is C15H16N6O2. The Morgan fingerprint density at radius 1 is 1.39 bits per heavy atom. The van der Waals surface area contributed by atoms with Crippen molar-refractivity contribution < 1.29 is 9.59 Å². The summed E-state index contributed by atoms with van der Waals surface area (Å²) in [5.41, 5.74) is 1.33. The summed E-state index contributed by atoms with van der Waals surface area (Å²) in [4.78, 5) is 28.4. The lowest BCUT2D eigenvalue weighted by Gasteiger charge is -2.10. The van der Waals surface area contributed by atoms with Gasteiger partial charge in [-0.15, -0.1) is 0 Å². The molecule has 118 valence electrons. The molecule has 0 saturated carbocycles. The second-order valence-electron chi connectivity index (χ2n) is 5.01. The number of nitrogens with one attached hydrogen (secondary N) is 3. The van der Waals surface area contributed by atoms with E-state index in [2.05, 4.69) is 25.8 Å². The number of anilines is 1. The highest BCUT2D eigenvalue weighted by Crippen LogP contribution is 2.13. The molecule has 0 aromatic carbocycles. The second-order valence-corrected chi connectivity index (χ2v) is 5.01. The van der Waals surface area contributed by atoms with Crippen molar-refractivity contribution in [2.45, 2.75) is 26.3 Å². The van der Waals surface area contributed by atoms with Gasteiger partial charge in [0.2, 0.25) is 0 Å². The predicted octanol–water partition coefficient (Wildman–Crippen LogP) is 1.40. The minimum absolute atomic E-state index is 0.121. The number of pyridine rings is 1. The summed E-state index contributed by atoms with van der Waals surface area (Å²) in [6.45, 7) is 3.50. The highest BCUT2D eigenvalue weighted by Gasteiger charge is 2.18. The summed E-state index contributed by atoms with van der Waals surface area (Å²) < 4.78 is 0. The molecule has 0 fully saturated rings. The molecular weight excluding hydrogens is 296 g/mol. The average molecular weight is 312 g/mol. The van der Waals surface area contributed by atoms with Crippen molar-refractivity contribution in [2.24, 2.45) is 0 Å². The summed E-state index contributed by atoms with van der Waals surface area (Å²) in [5.74, 6) is -0.882. The Balaban J connectivity index is 2.11. The van der Waals surface area contributed by atoms with Crippen LogP contribution < -0.4 is 10.6 Å². The van der Waals surface area contributed by atoms with Crippen molar-refractivity contribution in [3.8, 4) is 6.07 Å². The summed E-state index contributed by atoms with van der Waals surface area (Å²) >= 11 is 0. The molecule has 2 rings (SSSR count). The van der Waals surface area contributed by atoms with E-state index in [1.54, 1.807) is 32.0 Å². The van der Waals surface area contributed by atoms with Crippen LogP contribution in [0.1, 0.15) is 40.0 Å². The molecule has 0 unspecified atom stereocenters. The largest absolute Gasteiger partial charge is 0.347 e.